The van der Waals surface area contributed by atoms with E-state index in [0.29, 0.717) is 16.9 Å². The van der Waals surface area contributed by atoms with E-state index in [9.17, 15) is 4.79 Å². The molecule has 9 heteroatoms. The van der Waals surface area contributed by atoms with Crippen LogP contribution in [0.5, 0.6) is 0 Å². The minimum absolute atomic E-state index is 0.0480. The van der Waals surface area contributed by atoms with E-state index in [-0.39, 0.29) is 5.91 Å². The van der Waals surface area contributed by atoms with Gasteiger partial charge >= 0.3 is 0 Å². The van der Waals surface area contributed by atoms with Crippen molar-refractivity contribution in [3.05, 3.63) is 40.4 Å². The Labute approximate surface area is 165 Å². The lowest BCUT2D eigenvalue weighted by Crippen LogP contribution is -2.23. The molecule has 2 aromatic heterocycles. The first kappa shape index (κ1) is 18.1. The van der Waals surface area contributed by atoms with Crippen LogP contribution in [0.2, 0.25) is 0 Å². The van der Waals surface area contributed by atoms with Crippen LogP contribution in [-0.4, -0.2) is 31.1 Å². The quantitative estimate of drug-likeness (QED) is 0.581. The molecule has 2 heterocycles. The number of aryl methyl sites for hydroxylation is 2. The van der Waals surface area contributed by atoms with E-state index in [0.717, 1.165) is 34.9 Å². The predicted octanol–water partition coefficient (Wildman–Crippen LogP) is 4.06. The van der Waals surface area contributed by atoms with Crippen molar-refractivity contribution >= 4 is 39.8 Å². The summed E-state index contributed by atoms with van der Waals surface area (Å²) in [6.07, 6.45) is 2.28. The zero-order chi connectivity index (χ0) is 19.0. The van der Waals surface area contributed by atoms with Crippen molar-refractivity contribution in [3.8, 4) is 0 Å². The van der Waals surface area contributed by atoms with Crippen LogP contribution in [0.25, 0.3) is 0 Å². The number of benzene rings is 1. The van der Waals surface area contributed by atoms with E-state index in [1.165, 1.54) is 16.9 Å². The topological polar surface area (TPSA) is 76.8 Å². The van der Waals surface area contributed by atoms with Gasteiger partial charge in [0.25, 0.3) is 0 Å². The van der Waals surface area contributed by atoms with Crippen molar-refractivity contribution in [1.29, 1.82) is 0 Å². The molecule has 1 aromatic carbocycles. The normalized spacial score (nSPS) is 13.7. The van der Waals surface area contributed by atoms with Crippen molar-refractivity contribution in [2.24, 2.45) is 0 Å². The van der Waals surface area contributed by atoms with Gasteiger partial charge < -0.3 is 0 Å². The fourth-order valence-corrected chi connectivity index (χ4v) is 4.72. The summed E-state index contributed by atoms with van der Waals surface area (Å²) in [5, 5.41) is 15.5. The number of nitrogens with zero attached hydrogens (tertiary/aromatic N) is 6. The molecule has 0 bridgehead atoms. The summed E-state index contributed by atoms with van der Waals surface area (Å²) in [5.41, 5.74) is 4.02. The van der Waals surface area contributed by atoms with Gasteiger partial charge in [0.2, 0.25) is 11.1 Å². The number of hydrogen-bond donors (Lipinski definition) is 0. The molecule has 0 spiro atoms. The number of carbonyl (C=O) groups is 1. The number of rotatable bonds is 6. The van der Waals surface area contributed by atoms with Gasteiger partial charge in [0.05, 0.1) is 17.4 Å². The van der Waals surface area contributed by atoms with E-state index in [2.05, 4.69) is 26.6 Å². The molecule has 7 nitrogen and oxygen atoms in total. The maximum Gasteiger partial charge on any atom is 0.230 e. The molecule has 0 aliphatic heterocycles. The van der Waals surface area contributed by atoms with Gasteiger partial charge in [-0.25, -0.2) is 9.67 Å². The molecule has 1 aliphatic carbocycles. The Hall–Kier alpha value is -2.26. The zero-order valence-electron chi connectivity index (χ0n) is 15.4. The Balaban J connectivity index is 1.52. The molecule has 3 aromatic rings. The number of tetrazole rings is 1. The van der Waals surface area contributed by atoms with Gasteiger partial charge in [0.15, 0.2) is 5.13 Å². The maximum atomic E-state index is 12.3. The summed E-state index contributed by atoms with van der Waals surface area (Å²) in [6.45, 7) is 5.63. The van der Waals surface area contributed by atoms with Crippen LogP contribution in [0.1, 0.15) is 42.6 Å². The first-order valence-corrected chi connectivity index (χ1v) is 10.6. The Kier molecular flexibility index (Phi) is 4.96. The molecule has 1 aliphatic rings. The zero-order valence-corrected chi connectivity index (χ0v) is 17.0. The Morgan fingerprint density at radius 3 is 2.89 bits per heavy atom. The third kappa shape index (κ3) is 3.89. The number of thiazole rings is 1. The average Bonchev–Trinajstić information content (AvgIpc) is 3.18. The second-order valence-electron chi connectivity index (χ2n) is 6.69. The largest absolute Gasteiger partial charge is 0.274 e. The molecule has 4 rings (SSSR count). The molecule has 1 amide bonds. The van der Waals surface area contributed by atoms with Gasteiger partial charge in [-0.1, -0.05) is 29.5 Å². The van der Waals surface area contributed by atoms with Crippen LogP contribution in [0.4, 0.5) is 10.8 Å². The first-order valence-electron chi connectivity index (χ1n) is 8.76. The van der Waals surface area contributed by atoms with E-state index in [1.54, 1.807) is 23.6 Å². The smallest absolute Gasteiger partial charge is 0.230 e. The number of aromatic nitrogens is 5. The lowest BCUT2D eigenvalue weighted by atomic mass is 10.1. The van der Waals surface area contributed by atoms with Crippen molar-refractivity contribution in [1.82, 2.24) is 25.2 Å². The lowest BCUT2D eigenvalue weighted by molar-refractivity contribution is -0.115. The fraction of sp³-hybridized carbons (Fsp3) is 0.389. The van der Waals surface area contributed by atoms with Crippen molar-refractivity contribution < 1.29 is 4.79 Å². The van der Waals surface area contributed by atoms with Crippen LogP contribution in [0.15, 0.2) is 28.7 Å². The molecule has 1 saturated carbocycles. The number of anilines is 2. The maximum absolute atomic E-state index is 12.3. The lowest BCUT2D eigenvalue weighted by Gasteiger charge is -2.20. The van der Waals surface area contributed by atoms with Gasteiger partial charge in [-0.15, -0.1) is 16.4 Å². The highest BCUT2D eigenvalue weighted by Gasteiger charge is 2.28. The second-order valence-corrected chi connectivity index (χ2v) is 8.47. The molecule has 0 unspecified atom stereocenters. The monoisotopic (exact) mass is 400 g/mol. The van der Waals surface area contributed by atoms with Crippen molar-refractivity contribution in [2.75, 3.05) is 4.90 Å². The number of hydrogen-bond acceptors (Lipinski definition) is 7. The van der Waals surface area contributed by atoms with Crippen LogP contribution >= 0.6 is 23.1 Å². The average molecular weight is 401 g/mol. The fourth-order valence-electron chi connectivity index (χ4n) is 2.90. The highest BCUT2D eigenvalue weighted by atomic mass is 32.2. The minimum Gasteiger partial charge on any atom is -0.274 e. The first-order chi connectivity index (χ1) is 13.0. The van der Waals surface area contributed by atoms with Gasteiger partial charge in [-0.2, -0.15) is 0 Å². The van der Waals surface area contributed by atoms with E-state index < -0.39 is 0 Å². The predicted molar refractivity (Wildman–Crippen MR) is 106 cm³/mol. The van der Waals surface area contributed by atoms with E-state index in [4.69, 9.17) is 0 Å². The number of thioether (sulfide) groups is 1. The summed E-state index contributed by atoms with van der Waals surface area (Å²) in [6, 6.07) is 6.52. The Morgan fingerprint density at radius 2 is 2.19 bits per heavy atom. The number of amides is 1. The summed E-state index contributed by atoms with van der Waals surface area (Å²) in [5.74, 6) is 0.621. The highest BCUT2D eigenvalue weighted by Crippen LogP contribution is 2.37. The minimum atomic E-state index is -0.0480. The molecule has 27 heavy (non-hydrogen) atoms. The van der Waals surface area contributed by atoms with E-state index in [1.807, 2.05) is 36.0 Å². The molecule has 0 radical (unpaired) electrons. The third-order valence-corrected chi connectivity index (χ3v) is 6.19. The highest BCUT2D eigenvalue weighted by molar-refractivity contribution is 7.98. The van der Waals surface area contributed by atoms with E-state index >= 15 is 0 Å². The van der Waals surface area contributed by atoms with Gasteiger partial charge in [-0.3, -0.25) is 9.69 Å². The summed E-state index contributed by atoms with van der Waals surface area (Å²) >= 11 is 3.05. The van der Waals surface area contributed by atoms with Crippen LogP contribution in [0, 0.1) is 13.8 Å². The Bertz CT molecular complexity index is 978. The molecular formula is C18H20N6OS2. The standard InChI is InChI=1S/C18H20N6OS2/c1-11-4-7-16(12(2)8-11)23(13(3)25)17-19-14(9-26-17)10-27-18-20-21-22-24(18)15-5-6-15/h4,7-9,15H,5-6,10H2,1-3H3. The van der Waals surface area contributed by atoms with Crippen LogP contribution in [0.3, 0.4) is 0 Å². The third-order valence-electron chi connectivity index (χ3n) is 4.34. The molecule has 1 fully saturated rings. The molecular weight excluding hydrogens is 380 g/mol. The summed E-state index contributed by atoms with van der Waals surface area (Å²) in [4.78, 5) is 18.7. The van der Waals surface area contributed by atoms with Crippen molar-refractivity contribution in [3.63, 3.8) is 0 Å². The Morgan fingerprint density at radius 1 is 1.37 bits per heavy atom. The number of carbonyl (C=O) groups excluding carboxylic acids is 1. The second kappa shape index (κ2) is 7.40. The van der Waals surface area contributed by atoms with Crippen LogP contribution in [-0.2, 0) is 10.5 Å². The summed E-state index contributed by atoms with van der Waals surface area (Å²) in [7, 11) is 0. The molecule has 0 atom stereocenters. The summed E-state index contributed by atoms with van der Waals surface area (Å²) < 4.78 is 1.90. The van der Waals surface area contributed by atoms with Gasteiger partial charge in [-0.05, 0) is 48.7 Å². The molecule has 0 N–H and O–H groups in total. The van der Waals surface area contributed by atoms with Gasteiger partial charge in [0.1, 0.15) is 0 Å². The van der Waals surface area contributed by atoms with Crippen molar-refractivity contribution in [2.45, 2.75) is 50.6 Å². The van der Waals surface area contributed by atoms with Crippen LogP contribution < -0.4 is 4.90 Å². The van der Waals surface area contributed by atoms with Gasteiger partial charge in [0, 0.05) is 18.1 Å². The SMILES string of the molecule is CC(=O)N(c1nc(CSc2nnnn2C2CC2)cs1)c1ccc(C)cc1C. The molecule has 0 saturated heterocycles. The molecule has 140 valence electrons.